The van der Waals surface area contributed by atoms with E-state index < -0.39 is 35.1 Å². The van der Waals surface area contributed by atoms with E-state index in [1.54, 1.807) is 14.7 Å². The number of likely N-dealkylation sites (tertiary alicyclic amines) is 1. The van der Waals surface area contributed by atoms with Crippen molar-refractivity contribution >= 4 is 23.4 Å². The van der Waals surface area contributed by atoms with Gasteiger partial charge in [0.05, 0.1) is 36.7 Å². The molecule has 2 fully saturated rings. The van der Waals surface area contributed by atoms with E-state index in [0.29, 0.717) is 44.8 Å². The number of aliphatic hydroxyl groups is 1. The minimum absolute atomic E-state index is 0.179. The van der Waals surface area contributed by atoms with E-state index in [9.17, 15) is 19.5 Å². The lowest BCUT2D eigenvalue weighted by Gasteiger charge is -2.40. The van der Waals surface area contributed by atoms with Gasteiger partial charge in [0.2, 0.25) is 17.7 Å². The molecule has 42 heavy (non-hydrogen) atoms. The molecular formula is C33H45N3O6. The summed E-state index contributed by atoms with van der Waals surface area (Å²) in [5, 5.41) is 10.4. The Kier molecular flexibility index (Phi) is 8.81. The zero-order chi connectivity index (χ0) is 30.1. The van der Waals surface area contributed by atoms with Crippen molar-refractivity contribution in [2.75, 3.05) is 37.7 Å². The maximum atomic E-state index is 14.6. The van der Waals surface area contributed by atoms with Crippen LogP contribution in [0.5, 0.6) is 5.75 Å². The number of carbonyl (C=O) groups excluding carboxylic acids is 3. The largest absolute Gasteiger partial charge is 0.494 e. The first-order valence-corrected chi connectivity index (χ1v) is 15.6. The molecule has 3 amide bonds. The molecule has 2 saturated heterocycles. The van der Waals surface area contributed by atoms with Crippen LogP contribution < -0.4 is 9.64 Å². The topological polar surface area (TPSA) is 99.6 Å². The molecule has 1 spiro atoms. The molecule has 1 aromatic carbocycles. The number of ether oxygens (including phenoxy) is 2. The second-order valence-corrected chi connectivity index (χ2v) is 11.8. The molecule has 228 valence electrons. The Hall–Kier alpha value is -3.17. The van der Waals surface area contributed by atoms with Crippen molar-refractivity contribution in [3.8, 4) is 5.75 Å². The minimum atomic E-state index is -1.32. The number of fused-ring (bicyclic) bond motifs is 2. The van der Waals surface area contributed by atoms with Crippen LogP contribution in [-0.2, 0) is 19.1 Å². The number of hydrogen-bond acceptors (Lipinski definition) is 6. The highest BCUT2D eigenvalue weighted by Gasteiger charge is 2.75. The summed E-state index contributed by atoms with van der Waals surface area (Å²) in [5.41, 5.74) is -1.67. The highest BCUT2D eigenvalue weighted by molar-refractivity contribution is 6.04. The number of hydrogen-bond donors (Lipinski definition) is 1. The summed E-state index contributed by atoms with van der Waals surface area (Å²) in [7, 11) is 0. The van der Waals surface area contributed by atoms with Crippen LogP contribution in [0.4, 0.5) is 5.69 Å². The van der Waals surface area contributed by atoms with E-state index >= 15 is 0 Å². The molecule has 9 nitrogen and oxygen atoms in total. The van der Waals surface area contributed by atoms with E-state index in [-0.39, 0.29) is 24.3 Å². The summed E-state index contributed by atoms with van der Waals surface area (Å²) in [6, 6.07) is 5.88. The van der Waals surface area contributed by atoms with Crippen LogP contribution in [0, 0.1) is 11.8 Å². The molecule has 0 radical (unpaired) electrons. The zero-order valence-corrected chi connectivity index (χ0v) is 25.3. The molecule has 1 N–H and O–H groups in total. The number of benzene rings is 1. The molecule has 1 unspecified atom stereocenters. The number of carbonyl (C=O) groups is 3. The molecule has 0 aliphatic carbocycles. The van der Waals surface area contributed by atoms with Crippen molar-refractivity contribution in [2.24, 2.45) is 11.8 Å². The Morgan fingerprint density at radius 3 is 2.33 bits per heavy atom. The first-order chi connectivity index (χ1) is 20.3. The van der Waals surface area contributed by atoms with Crippen LogP contribution in [0.15, 0.2) is 48.6 Å². The predicted molar refractivity (Wildman–Crippen MR) is 160 cm³/mol. The summed E-state index contributed by atoms with van der Waals surface area (Å²) in [6.45, 7) is 9.51. The van der Waals surface area contributed by atoms with Gasteiger partial charge in [-0.25, -0.2) is 0 Å². The molecule has 1 aromatic rings. The van der Waals surface area contributed by atoms with Crippen LogP contribution >= 0.6 is 0 Å². The fraction of sp³-hybridized carbons (Fsp3) is 0.606. The molecule has 5 rings (SSSR count). The van der Waals surface area contributed by atoms with Gasteiger partial charge in [0, 0.05) is 25.3 Å². The normalized spacial score (nSPS) is 31.1. The average Bonchev–Trinajstić information content (AvgIpc) is 3.29. The van der Waals surface area contributed by atoms with Gasteiger partial charge in [0.15, 0.2) is 0 Å². The number of aliphatic hydroxyl groups excluding tert-OH is 1. The van der Waals surface area contributed by atoms with Crippen LogP contribution in [-0.4, -0.2) is 88.8 Å². The van der Waals surface area contributed by atoms with Gasteiger partial charge >= 0.3 is 0 Å². The highest BCUT2D eigenvalue weighted by Crippen LogP contribution is 2.59. The molecule has 9 heteroatoms. The van der Waals surface area contributed by atoms with Crippen molar-refractivity contribution in [1.29, 1.82) is 0 Å². The molecule has 6 atom stereocenters. The fourth-order valence-electron chi connectivity index (χ4n) is 7.43. The Balaban J connectivity index is 1.60. The van der Waals surface area contributed by atoms with Gasteiger partial charge in [-0.05, 0) is 50.5 Å². The standard InChI is InChI=1S/C33H45N3O6/c1-5-9-10-19-34-20-12-18-33-27(30(39)36(23(6-2)22-37)28(33)31(34)40)26-29(38)35(21-11-17-32(26,7-3)42-33)24-13-15-25(16-14-24)41-8-4/h11-18,23,26-28,37H,5-10,19-22H2,1-4H3/t23-,26-,27-,28?,32+,33-/m0/s1. The number of nitrogens with zero attached hydrogens (tertiary/aromatic N) is 3. The summed E-state index contributed by atoms with van der Waals surface area (Å²) in [4.78, 5) is 48.6. The van der Waals surface area contributed by atoms with E-state index in [2.05, 4.69) is 6.92 Å². The van der Waals surface area contributed by atoms with Gasteiger partial charge in [0.25, 0.3) is 0 Å². The number of anilines is 1. The van der Waals surface area contributed by atoms with Crippen molar-refractivity contribution in [1.82, 2.24) is 9.80 Å². The third kappa shape index (κ3) is 4.74. The molecule has 4 aliphatic heterocycles. The van der Waals surface area contributed by atoms with Crippen molar-refractivity contribution in [3.05, 3.63) is 48.6 Å². The van der Waals surface area contributed by atoms with Gasteiger partial charge in [0.1, 0.15) is 17.4 Å². The Morgan fingerprint density at radius 1 is 0.952 bits per heavy atom. The molecular weight excluding hydrogens is 534 g/mol. The lowest BCUT2D eigenvalue weighted by atomic mass is 9.73. The second-order valence-electron chi connectivity index (χ2n) is 11.8. The maximum Gasteiger partial charge on any atom is 0.249 e. The Morgan fingerprint density at radius 2 is 1.69 bits per heavy atom. The summed E-state index contributed by atoms with van der Waals surface area (Å²) in [5.74, 6) is -1.71. The van der Waals surface area contributed by atoms with Crippen molar-refractivity contribution in [2.45, 2.75) is 83.1 Å². The van der Waals surface area contributed by atoms with Gasteiger partial charge in [-0.1, -0.05) is 57.9 Å². The minimum Gasteiger partial charge on any atom is -0.494 e. The lowest BCUT2D eigenvalue weighted by molar-refractivity contribution is -0.155. The first-order valence-electron chi connectivity index (χ1n) is 15.6. The van der Waals surface area contributed by atoms with E-state index in [1.165, 1.54) is 0 Å². The van der Waals surface area contributed by atoms with Gasteiger partial charge in [-0.3, -0.25) is 14.4 Å². The van der Waals surface area contributed by atoms with Crippen LogP contribution in [0.1, 0.15) is 59.8 Å². The van der Waals surface area contributed by atoms with E-state index in [1.807, 2.05) is 69.3 Å². The molecule has 0 saturated carbocycles. The SMILES string of the molecule is CCCCCN1CC=C[C@]23O[C@]4(CC)C=CCN(c5ccc(OCC)cc5)C(=O)[C@@H]4[C@H]2C(=O)N([C@@H](CC)CO)C3C1=O. The fourth-order valence-corrected chi connectivity index (χ4v) is 7.43. The van der Waals surface area contributed by atoms with Gasteiger partial charge in [-0.2, -0.15) is 0 Å². The Labute approximate surface area is 249 Å². The van der Waals surface area contributed by atoms with Crippen molar-refractivity contribution in [3.63, 3.8) is 0 Å². The van der Waals surface area contributed by atoms with Crippen LogP contribution in [0.2, 0.25) is 0 Å². The summed E-state index contributed by atoms with van der Waals surface area (Å²) >= 11 is 0. The monoisotopic (exact) mass is 579 g/mol. The number of unbranched alkanes of at least 4 members (excludes halogenated alkanes) is 2. The maximum absolute atomic E-state index is 14.6. The highest BCUT2D eigenvalue weighted by atomic mass is 16.5. The third-order valence-corrected chi connectivity index (χ3v) is 9.53. The lowest BCUT2D eigenvalue weighted by Crippen LogP contribution is -2.58. The van der Waals surface area contributed by atoms with Crippen LogP contribution in [0.3, 0.4) is 0 Å². The van der Waals surface area contributed by atoms with Crippen LogP contribution in [0.25, 0.3) is 0 Å². The zero-order valence-electron chi connectivity index (χ0n) is 25.3. The first kappa shape index (κ1) is 30.3. The summed E-state index contributed by atoms with van der Waals surface area (Å²) < 4.78 is 12.6. The van der Waals surface area contributed by atoms with E-state index in [4.69, 9.17) is 9.47 Å². The molecule has 0 aromatic heterocycles. The molecule has 0 bridgehead atoms. The van der Waals surface area contributed by atoms with E-state index in [0.717, 1.165) is 25.0 Å². The van der Waals surface area contributed by atoms with Crippen molar-refractivity contribution < 1.29 is 29.0 Å². The molecule has 4 aliphatic rings. The molecule has 4 heterocycles. The Bertz CT molecular complexity index is 1230. The van der Waals surface area contributed by atoms with Gasteiger partial charge < -0.3 is 29.3 Å². The average molecular weight is 580 g/mol. The third-order valence-electron chi connectivity index (χ3n) is 9.53. The number of rotatable bonds is 11. The quantitative estimate of drug-likeness (QED) is 0.317. The predicted octanol–water partition coefficient (Wildman–Crippen LogP) is 3.71. The summed E-state index contributed by atoms with van der Waals surface area (Å²) in [6.07, 6.45) is 11.5. The smallest absolute Gasteiger partial charge is 0.249 e. The number of amides is 3. The van der Waals surface area contributed by atoms with Gasteiger partial charge in [-0.15, -0.1) is 0 Å². The second kappa shape index (κ2) is 12.2.